The van der Waals surface area contributed by atoms with Gasteiger partial charge in [-0.15, -0.1) is 0 Å². The lowest BCUT2D eigenvalue weighted by molar-refractivity contribution is 1.05. The molecule has 19 heavy (non-hydrogen) atoms. The summed E-state index contributed by atoms with van der Waals surface area (Å²) in [5.41, 5.74) is 7.84. The highest BCUT2D eigenvalue weighted by atomic mass is 15.0. The van der Waals surface area contributed by atoms with E-state index in [1.54, 1.807) is 0 Å². The highest BCUT2D eigenvalue weighted by Gasteiger charge is 2.14. The van der Waals surface area contributed by atoms with Crippen LogP contribution >= 0.6 is 0 Å². The summed E-state index contributed by atoms with van der Waals surface area (Å²) in [6.45, 7) is 10.4. The lowest BCUT2D eigenvalue weighted by Gasteiger charge is -2.15. The predicted octanol–water partition coefficient (Wildman–Crippen LogP) is 3.73. The molecule has 2 aromatic rings. The zero-order valence-electron chi connectivity index (χ0n) is 12.5. The van der Waals surface area contributed by atoms with Gasteiger partial charge in [0.05, 0.1) is 11.4 Å². The van der Waals surface area contributed by atoms with E-state index in [9.17, 15) is 0 Å². The van der Waals surface area contributed by atoms with E-state index >= 15 is 0 Å². The fourth-order valence-corrected chi connectivity index (χ4v) is 2.51. The van der Waals surface area contributed by atoms with Crippen LogP contribution < -0.4 is 5.32 Å². The summed E-state index contributed by atoms with van der Waals surface area (Å²) >= 11 is 0. The molecule has 0 saturated carbocycles. The highest BCUT2D eigenvalue weighted by Crippen LogP contribution is 2.31. The number of anilines is 1. The van der Waals surface area contributed by atoms with Crippen LogP contribution in [-0.2, 0) is 0 Å². The van der Waals surface area contributed by atoms with Crippen molar-refractivity contribution >= 4 is 5.82 Å². The van der Waals surface area contributed by atoms with Crippen molar-refractivity contribution in [2.24, 2.45) is 0 Å². The zero-order chi connectivity index (χ0) is 14.2. The lowest BCUT2D eigenvalue weighted by Crippen LogP contribution is -2.04. The predicted molar refractivity (Wildman–Crippen MR) is 80.7 cm³/mol. The molecule has 100 valence electrons. The van der Waals surface area contributed by atoms with Gasteiger partial charge in [-0.1, -0.05) is 17.7 Å². The van der Waals surface area contributed by atoms with E-state index in [4.69, 9.17) is 4.98 Å². The SMILES string of the molecule is CNc1nc(C)c(C)nc1-c1c(C)cc(C)cc1C. The Morgan fingerprint density at radius 1 is 0.842 bits per heavy atom. The minimum absolute atomic E-state index is 0.846. The summed E-state index contributed by atoms with van der Waals surface area (Å²) in [6, 6.07) is 4.39. The number of rotatable bonds is 2. The molecule has 2 rings (SSSR count). The van der Waals surface area contributed by atoms with Crippen molar-refractivity contribution in [3.05, 3.63) is 40.2 Å². The van der Waals surface area contributed by atoms with E-state index in [1.807, 2.05) is 20.9 Å². The van der Waals surface area contributed by atoms with Crippen LogP contribution in [0.4, 0.5) is 5.82 Å². The number of aromatic nitrogens is 2. The van der Waals surface area contributed by atoms with E-state index in [1.165, 1.54) is 22.3 Å². The molecule has 0 bridgehead atoms. The van der Waals surface area contributed by atoms with Gasteiger partial charge in [0.2, 0.25) is 0 Å². The number of nitrogens with one attached hydrogen (secondary N) is 1. The molecule has 0 aliphatic carbocycles. The van der Waals surface area contributed by atoms with Crippen LogP contribution in [0.15, 0.2) is 12.1 Å². The van der Waals surface area contributed by atoms with E-state index in [0.717, 1.165) is 22.9 Å². The van der Waals surface area contributed by atoms with Crippen molar-refractivity contribution in [2.45, 2.75) is 34.6 Å². The maximum absolute atomic E-state index is 4.74. The molecule has 0 aliphatic rings. The third kappa shape index (κ3) is 2.46. The van der Waals surface area contributed by atoms with Gasteiger partial charge in [0.25, 0.3) is 0 Å². The van der Waals surface area contributed by atoms with Gasteiger partial charge >= 0.3 is 0 Å². The summed E-state index contributed by atoms with van der Waals surface area (Å²) < 4.78 is 0. The van der Waals surface area contributed by atoms with E-state index < -0.39 is 0 Å². The number of hydrogen-bond donors (Lipinski definition) is 1. The molecule has 0 aliphatic heterocycles. The molecule has 0 atom stereocenters. The summed E-state index contributed by atoms with van der Waals surface area (Å²) in [7, 11) is 1.89. The van der Waals surface area contributed by atoms with Gasteiger partial charge in [-0.3, -0.25) is 0 Å². The second-order valence-corrected chi connectivity index (χ2v) is 5.12. The lowest BCUT2D eigenvalue weighted by atomic mass is 9.97. The van der Waals surface area contributed by atoms with Crippen molar-refractivity contribution < 1.29 is 0 Å². The maximum Gasteiger partial charge on any atom is 0.152 e. The Bertz CT molecular complexity index is 607. The average molecular weight is 255 g/mol. The van der Waals surface area contributed by atoms with Gasteiger partial charge in [0.1, 0.15) is 5.69 Å². The molecule has 1 aromatic carbocycles. The first-order valence-corrected chi connectivity index (χ1v) is 6.55. The first-order chi connectivity index (χ1) is 8.93. The fraction of sp³-hybridized carbons (Fsp3) is 0.375. The molecule has 3 nitrogen and oxygen atoms in total. The van der Waals surface area contributed by atoms with E-state index in [2.05, 4.69) is 43.2 Å². The van der Waals surface area contributed by atoms with Gasteiger partial charge < -0.3 is 5.32 Å². The molecule has 0 amide bonds. The Labute approximate surface area is 115 Å². The Morgan fingerprint density at radius 2 is 1.37 bits per heavy atom. The molecule has 1 aromatic heterocycles. The van der Waals surface area contributed by atoms with Crippen molar-refractivity contribution in [1.29, 1.82) is 0 Å². The molecule has 3 heteroatoms. The first-order valence-electron chi connectivity index (χ1n) is 6.55. The van der Waals surface area contributed by atoms with E-state index in [-0.39, 0.29) is 0 Å². The quantitative estimate of drug-likeness (QED) is 0.888. The first kappa shape index (κ1) is 13.5. The Kier molecular flexibility index (Phi) is 3.56. The second kappa shape index (κ2) is 5.00. The van der Waals surface area contributed by atoms with Crippen molar-refractivity contribution in [3.8, 4) is 11.3 Å². The summed E-state index contributed by atoms with van der Waals surface area (Å²) in [5, 5.41) is 3.16. The van der Waals surface area contributed by atoms with Crippen LogP contribution in [0.3, 0.4) is 0 Å². The summed E-state index contributed by atoms with van der Waals surface area (Å²) in [6.07, 6.45) is 0. The molecule has 1 N–H and O–H groups in total. The van der Waals surface area contributed by atoms with Crippen molar-refractivity contribution in [1.82, 2.24) is 9.97 Å². The van der Waals surface area contributed by atoms with Crippen LogP contribution in [0, 0.1) is 34.6 Å². The van der Waals surface area contributed by atoms with Gasteiger partial charge in [0, 0.05) is 12.6 Å². The number of hydrogen-bond acceptors (Lipinski definition) is 3. The van der Waals surface area contributed by atoms with Crippen molar-refractivity contribution in [2.75, 3.05) is 12.4 Å². The fourth-order valence-electron chi connectivity index (χ4n) is 2.51. The second-order valence-electron chi connectivity index (χ2n) is 5.12. The highest BCUT2D eigenvalue weighted by molar-refractivity contribution is 5.77. The van der Waals surface area contributed by atoms with Crippen LogP contribution in [0.25, 0.3) is 11.3 Å². The molecule has 1 heterocycles. The summed E-state index contributed by atoms with van der Waals surface area (Å²) in [4.78, 5) is 9.34. The third-order valence-electron chi connectivity index (χ3n) is 3.46. The smallest absolute Gasteiger partial charge is 0.152 e. The molecule has 0 fully saturated rings. The van der Waals surface area contributed by atoms with Gasteiger partial charge in [0.15, 0.2) is 5.82 Å². The molecule has 0 spiro atoms. The normalized spacial score (nSPS) is 10.6. The third-order valence-corrected chi connectivity index (χ3v) is 3.46. The topological polar surface area (TPSA) is 37.8 Å². The molecular weight excluding hydrogens is 234 g/mol. The number of benzene rings is 1. The van der Waals surface area contributed by atoms with Crippen molar-refractivity contribution in [3.63, 3.8) is 0 Å². The minimum atomic E-state index is 0.846. The van der Waals surface area contributed by atoms with Crippen LogP contribution in [0.2, 0.25) is 0 Å². The Hall–Kier alpha value is -1.90. The molecule has 0 unspecified atom stereocenters. The molecule has 0 radical (unpaired) electrons. The van der Waals surface area contributed by atoms with Gasteiger partial charge in [-0.2, -0.15) is 0 Å². The largest absolute Gasteiger partial charge is 0.371 e. The zero-order valence-corrected chi connectivity index (χ0v) is 12.5. The Morgan fingerprint density at radius 3 is 1.89 bits per heavy atom. The maximum atomic E-state index is 4.74. The number of nitrogens with zero attached hydrogens (tertiary/aromatic N) is 2. The standard InChI is InChI=1S/C16H21N3/c1-9-7-10(2)14(11(3)8-9)15-16(17-6)19-13(5)12(4)18-15/h7-8H,1-6H3,(H,17,19). The van der Waals surface area contributed by atoms with Crippen LogP contribution in [0.1, 0.15) is 28.1 Å². The van der Waals surface area contributed by atoms with Crippen LogP contribution in [-0.4, -0.2) is 17.0 Å². The monoisotopic (exact) mass is 255 g/mol. The summed E-state index contributed by atoms with van der Waals surface area (Å²) in [5.74, 6) is 0.846. The number of aryl methyl sites for hydroxylation is 5. The molecular formula is C16H21N3. The molecule has 0 saturated heterocycles. The van der Waals surface area contributed by atoms with Gasteiger partial charge in [-0.05, 0) is 45.7 Å². The van der Waals surface area contributed by atoms with Crippen LogP contribution in [0.5, 0.6) is 0 Å². The minimum Gasteiger partial charge on any atom is -0.371 e. The van der Waals surface area contributed by atoms with Gasteiger partial charge in [-0.25, -0.2) is 9.97 Å². The van der Waals surface area contributed by atoms with E-state index in [0.29, 0.717) is 0 Å². The average Bonchev–Trinajstić information content (AvgIpc) is 2.32. The Balaban J connectivity index is 2.75.